The van der Waals surface area contributed by atoms with Gasteiger partial charge in [-0.25, -0.2) is 0 Å². The molecule has 23 heavy (non-hydrogen) atoms. The molecule has 1 aromatic rings. The molecule has 0 bridgehead atoms. The van der Waals surface area contributed by atoms with Gasteiger partial charge in [0.05, 0.1) is 13.2 Å². The van der Waals surface area contributed by atoms with Gasteiger partial charge in [-0.05, 0) is 37.0 Å². The molecule has 0 aliphatic carbocycles. The quantitative estimate of drug-likeness (QED) is 0.826. The van der Waals surface area contributed by atoms with Gasteiger partial charge in [-0.2, -0.15) is 0 Å². The van der Waals surface area contributed by atoms with E-state index in [1.165, 1.54) is 0 Å². The molecule has 0 aromatic carbocycles. The fourth-order valence-corrected chi connectivity index (χ4v) is 3.26. The summed E-state index contributed by atoms with van der Waals surface area (Å²) in [6.45, 7) is 3.14. The predicted molar refractivity (Wildman–Crippen MR) is 84.7 cm³/mol. The summed E-state index contributed by atoms with van der Waals surface area (Å²) in [5.41, 5.74) is 1.10. The second-order valence-electron chi connectivity index (χ2n) is 6.04. The zero-order valence-corrected chi connectivity index (χ0v) is 13.3. The lowest BCUT2D eigenvalue weighted by atomic mass is 10.1. The van der Waals surface area contributed by atoms with Crippen molar-refractivity contribution in [1.82, 2.24) is 14.8 Å². The second kappa shape index (κ2) is 7.55. The van der Waals surface area contributed by atoms with Crippen LogP contribution in [0, 0.1) is 0 Å². The SMILES string of the molecule is O=C([C@@H]1CCCN1C(=O)CCc1ccncc1)N1CCOCC1. The molecule has 3 heterocycles. The van der Waals surface area contributed by atoms with Gasteiger partial charge in [-0.3, -0.25) is 14.6 Å². The highest BCUT2D eigenvalue weighted by molar-refractivity contribution is 5.88. The van der Waals surface area contributed by atoms with Gasteiger partial charge in [0.25, 0.3) is 0 Å². The normalized spacial score (nSPS) is 21.5. The van der Waals surface area contributed by atoms with Crippen molar-refractivity contribution in [3.8, 4) is 0 Å². The maximum Gasteiger partial charge on any atom is 0.245 e. The standard InChI is InChI=1S/C17H23N3O3/c21-16(4-3-14-5-7-18-8-6-14)20-9-1-2-15(20)17(22)19-10-12-23-13-11-19/h5-8,15H,1-4,9-13H2/t15-/m0/s1. The van der Waals surface area contributed by atoms with Gasteiger partial charge in [0.2, 0.25) is 11.8 Å². The molecule has 1 atom stereocenters. The Balaban J connectivity index is 1.57. The molecule has 0 spiro atoms. The van der Waals surface area contributed by atoms with E-state index in [-0.39, 0.29) is 17.9 Å². The van der Waals surface area contributed by atoms with Crippen LogP contribution < -0.4 is 0 Å². The van der Waals surface area contributed by atoms with Crippen molar-refractivity contribution in [3.63, 3.8) is 0 Å². The van der Waals surface area contributed by atoms with Crippen LogP contribution in [0.25, 0.3) is 0 Å². The van der Waals surface area contributed by atoms with E-state index < -0.39 is 0 Å². The summed E-state index contributed by atoms with van der Waals surface area (Å²) in [5, 5.41) is 0. The lowest BCUT2D eigenvalue weighted by molar-refractivity contribution is -0.146. The molecule has 0 unspecified atom stereocenters. The molecule has 2 aliphatic rings. The number of nitrogens with zero attached hydrogens (tertiary/aromatic N) is 3. The minimum absolute atomic E-state index is 0.0749. The molecule has 0 radical (unpaired) electrons. The van der Waals surface area contributed by atoms with Crippen LogP contribution in [0.3, 0.4) is 0 Å². The third kappa shape index (κ3) is 3.88. The summed E-state index contributed by atoms with van der Waals surface area (Å²) >= 11 is 0. The number of likely N-dealkylation sites (tertiary alicyclic amines) is 1. The maximum absolute atomic E-state index is 12.7. The molecule has 2 aliphatic heterocycles. The predicted octanol–water partition coefficient (Wildman–Crippen LogP) is 0.864. The first-order valence-corrected chi connectivity index (χ1v) is 8.30. The Labute approximate surface area is 136 Å². The van der Waals surface area contributed by atoms with E-state index in [0.29, 0.717) is 45.7 Å². The first-order valence-electron chi connectivity index (χ1n) is 8.30. The lowest BCUT2D eigenvalue weighted by Gasteiger charge is -2.32. The fourth-order valence-electron chi connectivity index (χ4n) is 3.26. The van der Waals surface area contributed by atoms with Crippen LogP contribution in [0.4, 0.5) is 0 Å². The summed E-state index contributed by atoms with van der Waals surface area (Å²) in [6.07, 6.45) is 6.28. The number of aryl methyl sites for hydroxylation is 1. The molecular weight excluding hydrogens is 294 g/mol. The molecule has 3 rings (SSSR count). The zero-order chi connectivity index (χ0) is 16.1. The number of hydrogen-bond donors (Lipinski definition) is 0. The highest BCUT2D eigenvalue weighted by atomic mass is 16.5. The number of carbonyl (C=O) groups is 2. The van der Waals surface area contributed by atoms with Crippen LogP contribution in [-0.2, 0) is 20.7 Å². The largest absolute Gasteiger partial charge is 0.378 e. The monoisotopic (exact) mass is 317 g/mol. The van der Waals surface area contributed by atoms with Gasteiger partial charge in [0, 0.05) is 38.4 Å². The summed E-state index contributed by atoms with van der Waals surface area (Å²) in [7, 11) is 0. The summed E-state index contributed by atoms with van der Waals surface area (Å²) < 4.78 is 5.29. The van der Waals surface area contributed by atoms with E-state index in [2.05, 4.69) is 4.98 Å². The number of carbonyl (C=O) groups excluding carboxylic acids is 2. The average molecular weight is 317 g/mol. The molecule has 2 fully saturated rings. The third-order valence-electron chi connectivity index (χ3n) is 4.56. The molecule has 2 amide bonds. The Morgan fingerprint density at radius 1 is 1.17 bits per heavy atom. The lowest BCUT2D eigenvalue weighted by Crippen LogP contribution is -2.51. The van der Waals surface area contributed by atoms with Crippen LogP contribution in [0.5, 0.6) is 0 Å². The van der Waals surface area contributed by atoms with E-state index in [1.54, 1.807) is 17.3 Å². The number of morpholine rings is 1. The minimum Gasteiger partial charge on any atom is -0.378 e. The number of hydrogen-bond acceptors (Lipinski definition) is 4. The molecule has 124 valence electrons. The summed E-state index contributed by atoms with van der Waals surface area (Å²) in [4.78, 5) is 32.8. The third-order valence-corrected chi connectivity index (χ3v) is 4.56. The first kappa shape index (κ1) is 15.9. The Kier molecular flexibility index (Phi) is 5.23. The highest BCUT2D eigenvalue weighted by Crippen LogP contribution is 2.21. The van der Waals surface area contributed by atoms with Crippen molar-refractivity contribution in [2.75, 3.05) is 32.8 Å². The number of aromatic nitrogens is 1. The molecule has 0 saturated carbocycles. The molecule has 2 saturated heterocycles. The van der Waals surface area contributed by atoms with Gasteiger partial charge in [-0.1, -0.05) is 0 Å². The molecule has 1 aromatic heterocycles. The van der Waals surface area contributed by atoms with Crippen LogP contribution in [-0.4, -0.2) is 65.5 Å². The minimum atomic E-state index is -0.280. The van der Waals surface area contributed by atoms with Crippen LogP contribution in [0.2, 0.25) is 0 Å². The zero-order valence-electron chi connectivity index (χ0n) is 13.3. The Morgan fingerprint density at radius 3 is 2.65 bits per heavy atom. The van der Waals surface area contributed by atoms with E-state index in [9.17, 15) is 9.59 Å². The number of ether oxygens (including phenoxy) is 1. The van der Waals surface area contributed by atoms with E-state index in [0.717, 1.165) is 18.4 Å². The number of amides is 2. The molecule has 6 heteroatoms. The number of rotatable bonds is 4. The van der Waals surface area contributed by atoms with Crippen molar-refractivity contribution < 1.29 is 14.3 Å². The van der Waals surface area contributed by atoms with Crippen molar-refractivity contribution in [2.45, 2.75) is 31.7 Å². The Hall–Kier alpha value is -1.95. The fraction of sp³-hybridized carbons (Fsp3) is 0.588. The Morgan fingerprint density at radius 2 is 1.91 bits per heavy atom. The van der Waals surface area contributed by atoms with E-state index >= 15 is 0 Å². The van der Waals surface area contributed by atoms with Crippen LogP contribution in [0.1, 0.15) is 24.8 Å². The van der Waals surface area contributed by atoms with Gasteiger partial charge < -0.3 is 14.5 Å². The van der Waals surface area contributed by atoms with Crippen molar-refractivity contribution >= 4 is 11.8 Å². The van der Waals surface area contributed by atoms with Gasteiger partial charge in [-0.15, -0.1) is 0 Å². The first-order chi connectivity index (χ1) is 11.3. The van der Waals surface area contributed by atoms with Crippen molar-refractivity contribution in [2.24, 2.45) is 0 Å². The Bertz CT molecular complexity index is 543. The second-order valence-corrected chi connectivity index (χ2v) is 6.04. The molecular formula is C17H23N3O3. The molecule has 0 N–H and O–H groups in total. The topological polar surface area (TPSA) is 62.7 Å². The maximum atomic E-state index is 12.7. The average Bonchev–Trinajstić information content (AvgIpc) is 3.10. The van der Waals surface area contributed by atoms with Crippen LogP contribution in [0.15, 0.2) is 24.5 Å². The summed E-state index contributed by atoms with van der Waals surface area (Å²) in [5.74, 6) is 0.161. The van der Waals surface area contributed by atoms with Crippen LogP contribution >= 0.6 is 0 Å². The van der Waals surface area contributed by atoms with Gasteiger partial charge >= 0.3 is 0 Å². The van der Waals surface area contributed by atoms with Gasteiger partial charge in [0.1, 0.15) is 6.04 Å². The summed E-state index contributed by atoms with van der Waals surface area (Å²) in [6, 6.07) is 3.57. The van der Waals surface area contributed by atoms with Gasteiger partial charge in [0.15, 0.2) is 0 Å². The van der Waals surface area contributed by atoms with Crippen molar-refractivity contribution in [1.29, 1.82) is 0 Å². The number of pyridine rings is 1. The highest BCUT2D eigenvalue weighted by Gasteiger charge is 2.36. The van der Waals surface area contributed by atoms with E-state index in [1.807, 2.05) is 17.0 Å². The molecule has 6 nitrogen and oxygen atoms in total. The van der Waals surface area contributed by atoms with Crippen molar-refractivity contribution in [3.05, 3.63) is 30.1 Å². The van der Waals surface area contributed by atoms with E-state index in [4.69, 9.17) is 4.74 Å². The smallest absolute Gasteiger partial charge is 0.245 e.